The van der Waals surface area contributed by atoms with Crippen LogP contribution in [0.5, 0.6) is 5.75 Å². The number of benzene rings is 2. The molecule has 1 fully saturated rings. The highest BCUT2D eigenvalue weighted by Crippen LogP contribution is 2.25. The zero-order valence-corrected chi connectivity index (χ0v) is 17.9. The molecule has 2 heterocycles. The molecule has 8 heteroatoms. The molecule has 6 nitrogen and oxygen atoms in total. The molecule has 1 aliphatic rings. The molecule has 4 rings (SSSR count). The predicted octanol–water partition coefficient (Wildman–Crippen LogP) is 4.07. The molecule has 30 heavy (non-hydrogen) atoms. The fraction of sp³-hybridized carbons (Fsp3) is 0.273. The van der Waals surface area contributed by atoms with Gasteiger partial charge in [0.2, 0.25) is 0 Å². The highest BCUT2D eigenvalue weighted by Gasteiger charge is 2.24. The number of ether oxygens (including phenoxy) is 1. The van der Waals surface area contributed by atoms with Crippen molar-refractivity contribution >= 4 is 40.1 Å². The predicted molar refractivity (Wildman–Crippen MR) is 117 cm³/mol. The van der Waals surface area contributed by atoms with Crippen LogP contribution < -0.4 is 10.4 Å². The van der Waals surface area contributed by atoms with E-state index in [1.165, 1.54) is 6.07 Å². The summed E-state index contributed by atoms with van der Waals surface area (Å²) in [5, 5.41) is 1.73. The second kappa shape index (κ2) is 8.68. The van der Waals surface area contributed by atoms with Crippen molar-refractivity contribution in [1.29, 1.82) is 0 Å². The summed E-state index contributed by atoms with van der Waals surface area (Å²) in [7, 11) is 1.57. The van der Waals surface area contributed by atoms with Gasteiger partial charge in [-0.15, -0.1) is 0 Å². The average Bonchev–Trinajstić information content (AvgIpc) is 2.73. The summed E-state index contributed by atoms with van der Waals surface area (Å²) in [6, 6.07) is 11.9. The molecule has 1 aromatic heterocycles. The van der Waals surface area contributed by atoms with Gasteiger partial charge in [0.15, 0.2) is 0 Å². The molecule has 2 aromatic carbocycles. The largest absolute Gasteiger partial charge is 0.497 e. The maximum atomic E-state index is 12.8. The Morgan fingerprint density at radius 1 is 1.07 bits per heavy atom. The highest BCUT2D eigenvalue weighted by atomic mass is 35.5. The van der Waals surface area contributed by atoms with Gasteiger partial charge in [-0.05, 0) is 35.9 Å². The van der Waals surface area contributed by atoms with Crippen LogP contribution in [-0.2, 0) is 6.54 Å². The Kier molecular flexibility index (Phi) is 5.99. The summed E-state index contributed by atoms with van der Waals surface area (Å²) in [5.41, 5.74) is 1.46. The highest BCUT2D eigenvalue weighted by molar-refractivity contribution is 6.36. The van der Waals surface area contributed by atoms with E-state index in [0.29, 0.717) is 59.7 Å². The maximum Gasteiger partial charge on any atom is 0.336 e. The summed E-state index contributed by atoms with van der Waals surface area (Å²) in [6.45, 7) is 3.12. The van der Waals surface area contributed by atoms with E-state index in [1.807, 2.05) is 12.1 Å². The minimum atomic E-state index is -0.392. The van der Waals surface area contributed by atoms with Crippen LogP contribution in [-0.4, -0.2) is 49.0 Å². The molecule has 0 unspecified atom stereocenters. The van der Waals surface area contributed by atoms with Crippen LogP contribution in [0, 0.1) is 0 Å². The molecule has 0 N–H and O–H groups in total. The van der Waals surface area contributed by atoms with Gasteiger partial charge in [0.05, 0.1) is 17.7 Å². The van der Waals surface area contributed by atoms with Gasteiger partial charge in [-0.25, -0.2) is 4.79 Å². The Morgan fingerprint density at radius 3 is 2.53 bits per heavy atom. The Labute approximate surface area is 183 Å². The molecular weight excluding hydrogens is 427 g/mol. The van der Waals surface area contributed by atoms with Gasteiger partial charge < -0.3 is 14.1 Å². The molecule has 0 atom stereocenters. The Bertz CT molecular complexity index is 1150. The van der Waals surface area contributed by atoms with Crippen molar-refractivity contribution in [2.45, 2.75) is 6.54 Å². The lowest BCUT2D eigenvalue weighted by Crippen LogP contribution is -2.48. The van der Waals surface area contributed by atoms with Gasteiger partial charge in [-0.3, -0.25) is 9.69 Å². The van der Waals surface area contributed by atoms with E-state index in [2.05, 4.69) is 4.90 Å². The van der Waals surface area contributed by atoms with Crippen molar-refractivity contribution in [3.63, 3.8) is 0 Å². The molecule has 1 saturated heterocycles. The molecular formula is C22H20Cl2N2O4. The lowest BCUT2D eigenvalue weighted by molar-refractivity contribution is 0.0629. The van der Waals surface area contributed by atoms with E-state index in [-0.39, 0.29) is 5.91 Å². The first-order chi connectivity index (χ1) is 14.4. The molecule has 0 bridgehead atoms. The van der Waals surface area contributed by atoms with Crippen LogP contribution in [0.15, 0.2) is 51.7 Å². The lowest BCUT2D eigenvalue weighted by Gasteiger charge is -2.35. The maximum absolute atomic E-state index is 12.8. The van der Waals surface area contributed by atoms with E-state index >= 15 is 0 Å². The molecule has 0 radical (unpaired) electrons. The minimum absolute atomic E-state index is 0.103. The molecule has 1 aliphatic heterocycles. The van der Waals surface area contributed by atoms with Gasteiger partial charge in [-0.1, -0.05) is 23.2 Å². The topological polar surface area (TPSA) is 63.0 Å². The second-order valence-corrected chi connectivity index (χ2v) is 7.99. The lowest BCUT2D eigenvalue weighted by atomic mass is 10.1. The zero-order valence-electron chi connectivity index (χ0n) is 16.4. The molecule has 0 spiro atoms. The number of nitrogens with zero attached hydrogens (tertiary/aromatic N) is 2. The first kappa shape index (κ1) is 20.7. The quantitative estimate of drug-likeness (QED) is 0.565. The standard InChI is InChI=1S/C22H20Cl2N2O4/c1-29-16-3-5-17-14(10-21(27)30-20(17)12-16)13-25-6-8-26(9-7-25)22(28)18-4-2-15(23)11-19(18)24/h2-5,10-12H,6-9,13H2,1H3. The number of carbonyl (C=O) groups is 1. The number of fused-ring (bicyclic) bond motifs is 1. The number of carbonyl (C=O) groups excluding carboxylic acids is 1. The average molecular weight is 447 g/mol. The van der Waals surface area contributed by atoms with Gasteiger partial charge in [0, 0.05) is 55.3 Å². The number of piperazine rings is 1. The van der Waals surface area contributed by atoms with Gasteiger partial charge in [0.1, 0.15) is 11.3 Å². The minimum Gasteiger partial charge on any atom is -0.497 e. The first-order valence-corrected chi connectivity index (χ1v) is 10.3. The van der Waals surface area contributed by atoms with Crippen LogP contribution in [0.25, 0.3) is 11.0 Å². The third-order valence-corrected chi connectivity index (χ3v) is 5.80. The fourth-order valence-corrected chi connectivity index (χ4v) is 4.14. The van der Waals surface area contributed by atoms with Crippen LogP contribution in [0.3, 0.4) is 0 Å². The second-order valence-electron chi connectivity index (χ2n) is 7.15. The van der Waals surface area contributed by atoms with Crippen molar-refractivity contribution in [1.82, 2.24) is 9.80 Å². The SMILES string of the molecule is COc1ccc2c(CN3CCN(C(=O)c4ccc(Cl)cc4Cl)CC3)cc(=O)oc2c1. The summed E-state index contributed by atoms with van der Waals surface area (Å²) in [4.78, 5) is 28.8. The summed E-state index contributed by atoms with van der Waals surface area (Å²) in [6.07, 6.45) is 0. The van der Waals surface area contributed by atoms with Crippen molar-refractivity contribution < 1.29 is 13.9 Å². The first-order valence-electron chi connectivity index (χ1n) is 9.52. The van der Waals surface area contributed by atoms with Crippen LogP contribution in [0.1, 0.15) is 15.9 Å². The third kappa shape index (κ3) is 4.31. The van der Waals surface area contributed by atoms with Gasteiger partial charge in [0.25, 0.3) is 5.91 Å². The van der Waals surface area contributed by atoms with E-state index in [4.69, 9.17) is 32.4 Å². The van der Waals surface area contributed by atoms with E-state index in [1.54, 1.807) is 36.3 Å². The van der Waals surface area contributed by atoms with Crippen LogP contribution >= 0.6 is 23.2 Å². The Hall–Kier alpha value is -2.54. The molecule has 0 saturated carbocycles. The number of methoxy groups -OCH3 is 1. The zero-order chi connectivity index (χ0) is 21.3. The van der Waals surface area contributed by atoms with Crippen LogP contribution in [0.2, 0.25) is 10.0 Å². The van der Waals surface area contributed by atoms with Crippen molar-refractivity contribution in [2.75, 3.05) is 33.3 Å². The number of halogens is 2. The van der Waals surface area contributed by atoms with Crippen LogP contribution in [0.4, 0.5) is 0 Å². The van der Waals surface area contributed by atoms with E-state index in [0.717, 1.165) is 10.9 Å². The van der Waals surface area contributed by atoms with Crippen molar-refractivity contribution in [3.8, 4) is 5.75 Å². The van der Waals surface area contributed by atoms with E-state index < -0.39 is 5.63 Å². The monoisotopic (exact) mass is 446 g/mol. The molecule has 0 aliphatic carbocycles. The fourth-order valence-electron chi connectivity index (χ4n) is 3.65. The third-order valence-electron chi connectivity index (χ3n) is 5.25. The smallest absolute Gasteiger partial charge is 0.336 e. The number of hydrogen-bond donors (Lipinski definition) is 0. The summed E-state index contributed by atoms with van der Waals surface area (Å²) >= 11 is 12.1. The van der Waals surface area contributed by atoms with Gasteiger partial charge in [-0.2, -0.15) is 0 Å². The van der Waals surface area contributed by atoms with E-state index in [9.17, 15) is 9.59 Å². The Balaban J connectivity index is 1.46. The normalized spacial score (nSPS) is 14.8. The molecule has 1 amide bonds. The molecule has 156 valence electrons. The van der Waals surface area contributed by atoms with Crippen molar-refractivity contribution in [2.24, 2.45) is 0 Å². The number of amides is 1. The Morgan fingerprint density at radius 2 is 1.83 bits per heavy atom. The van der Waals surface area contributed by atoms with Crippen molar-refractivity contribution in [3.05, 3.63) is 74.1 Å². The van der Waals surface area contributed by atoms with Gasteiger partial charge >= 0.3 is 5.63 Å². The summed E-state index contributed by atoms with van der Waals surface area (Å²) in [5.74, 6) is 0.532. The summed E-state index contributed by atoms with van der Waals surface area (Å²) < 4.78 is 10.5. The number of hydrogen-bond acceptors (Lipinski definition) is 5. The molecule has 3 aromatic rings. The number of rotatable bonds is 4.